The minimum absolute atomic E-state index is 0.110. The van der Waals surface area contributed by atoms with Crippen LogP contribution in [-0.2, 0) is 11.2 Å². The van der Waals surface area contributed by atoms with E-state index in [9.17, 15) is 20.4 Å². The van der Waals surface area contributed by atoms with E-state index >= 15 is 0 Å². The lowest BCUT2D eigenvalue weighted by Crippen LogP contribution is -2.71. The zero-order chi connectivity index (χ0) is 20.1. The zero-order valence-corrected chi connectivity index (χ0v) is 17.7. The summed E-state index contributed by atoms with van der Waals surface area (Å²) in [5.41, 5.74) is -0.802. The van der Waals surface area contributed by atoms with Gasteiger partial charge in [0.15, 0.2) is 5.06 Å². The number of para-hydroxylation sites is 1. The number of benzene rings is 1. The highest BCUT2D eigenvalue weighted by atomic mass is 79.9. The molecule has 0 spiro atoms. The van der Waals surface area contributed by atoms with Crippen LogP contribution in [0.5, 0.6) is 0 Å². The fraction of sp³-hybridized carbons (Fsp3) is 0.368. The number of aliphatic hydroxyl groups is 4. The predicted molar refractivity (Wildman–Crippen MR) is 110 cm³/mol. The zero-order valence-electron chi connectivity index (χ0n) is 14.5. The third-order valence-electron chi connectivity index (χ3n) is 5.22. The number of fused-ring (bicyclic) bond motifs is 1. The molecule has 4 rings (SSSR count). The van der Waals surface area contributed by atoms with E-state index < -0.39 is 35.6 Å². The Kier molecular flexibility index (Phi) is 5.35. The van der Waals surface area contributed by atoms with Crippen LogP contribution in [0.2, 0.25) is 0 Å². The van der Waals surface area contributed by atoms with Crippen LogP contribution < -0.4 is 0 Å². The summed E-state index contributed by atoms with van der Waals surface area (Å²) in [6.07, 6.45) is -3.98. The van der Waals surface area contributed by atoms with Crippen molar-refractivity contribution < 1.29 is 25.2 Å². The SMILES string of the molecule is OC[C@H]1O[C@@H](c2cc3ccccc3[nH]2)[C@H](O)[C@](O)(Cc2ccc(Br)s2)[C@@]1(O)Cl. The number of ether oxygens (including phenoxy) is 1. The lowest BCUT2D eigenvalue weighted by atomic mass is 9.77. The van der Waals surface area contributed by atoms with Crippen LogP contribution in [0.4, 0.5) is 0 Å². The summed E-state index contributed by atoms with van der Waals surface area (Å²) in [4.78, 5) is 3.88. The first kappa shape index (κ1) is 20.3. The molecule has 1 saturated heterocycles. The number of thiophene rings is 1. The molecule has 9 heteroatoms. The van der Waals surface area contributed by atoms with Gasteiger partial charge in [-0.2, -0.15) is 0 Å². The van der Waals surface area contributed by atoms with Crippen molar-refractivity contribution in [3.05, 3.63) is 56.8 Å². The number of aliphatic hydroxyl groups excluding tert-OH is 2. The number of nitrogens with one attached hydrogen (secondary N) is 1. The Bertz CT molecular complexity index is 959. The number of rotatable bonds is 4. The molecule has 150 valence electrons. The second-order valence-corrected chi connectivity index (χ2v) is 10.1. The summed E-state index contributed by atoms with van der Waals surface area (Å²) in [6.45, 7) is -0.625. The average molecular weight is 489 g/mol. The topological polar surface area (TPSA) is 106 Å². The highest BCUT2D eigenvalue weighted by molar-refractivity contribution is 9.11. The van der Waals surface area contributed by atoms with Gasteiger partial charge in [0.05, 0.1) is 10.4 Å². The summed E-state index contributed by atoms with van der Waals surface area (Å²) in [5.74, 6) is 0. The van der Waals surface area contributed by atoms with Crippen molar-refractivity contribution in [2.24, 2.45) is 0 Å². The van der Waals surface area contributed by atoms with Gasteiger partial charge in [-0.25, -0.2) is 0 Å². The number of H-pyrrole nitrogens is 1. The molecule has 3 heterocycles. The fourth-order valence-corrected chi connectivity index (χ4v) is 5.55. The molecule has 28 heavy (non-hydrogen) atoms. The van der Waals surface area contributed by atoms with Gasteiger partial charge in [0.25, 0.3) is 0 Å². The first-order valence-corrected chi connectivity index (χ1v) is 10.6. The van der Waals surface area contributed by atoms with E-state index in [-0.39, 0.29) is 6.42 Å². The molecule has 0 saturated carbocycles. The van der Waals surface area contributed by atoms with Crippen molar-refractivity contribution in [3.63, 3.8) is 0 Å². The fourth-order valence-electron chi connectivity index (χ4n) is 3.68. The van der Waals surface area contributed by atoms with Crippen molar-refractivity contribution in [2.75, 3.05) is 6.61 Å². The molecule has 1 fully saturated rings. The van der Waals surface area contributed by atoms with Crippen LogP contribution in [0.15, 0.2) is 46.3 Å². The minimum atomic E-state index is -2.39. The van der Waals surface area contributed by atoms with Crippen LogP contribution in [0, 0.1) is 0 Å². The van der Waals surface area contributed by atoms with Gasteiger partial charge < -0.3 is 30.1 Å². The average Bonchev–Trinajstić information content (AvgIpc) is 3.26. The predicted octanol–water partition coefficient (Wildman–Crippen LogP) is 2.69. The van der Waals surface area contributed by atoms with Crippen molar-refractivity contribution in [1.29, 1.82) is 0 Å². The van der Waals surface area contributed by atoms with Crippen LogP contribution in [0.25, 0.3) is 10.9 Å². The molecule has 0 aliphatic carbocycles. The number of halogens is 2. The first-order valence-electron chi connectivity index (χ1n) is 8.66. The molecule has 6 nitrogen and oxygen atoms in total. The van der Waals surface area contributed by atoms with E-state index in [0.717, 1.165) is 14.7 Å². The molecule has 5 atom stereocenters. The lowest BCUT2D eigenvalue weighted by Gasteiger charge is -2.52. The van der Waals surface area contributed by atoms with Crippen LogP contribution in [-0.4, -0.2) is 54.9 Å². The lowest BCUT2D eigenvalue weighted by molar-refractivity contribution is -0.294. The number of aromatic amines is 1. The molecule has 0 amide bonds. The van der Waals surface area contributed by atoms with Crippen molar-refractivity contribution in [2.45, 2.75) is 35.4 Å². The second-order valence-electron chi connectivity index (χ2n) is 6.96. The quantitative estimate of drug-likeness (QED) is 0.363. The summed E-state index contributed by atoms with van der Waals surface area (Å²) in [5, 5.41) is 41.6. The molecule has 3 aromatic rings. The Morgan fingerprint density at radius 3 is 2.61 bits per heavy atom. The van der Waals surface area contributed by atoms with Crippen molar-refractivity contribution >= 4 is 49.8 Å². The van der Waals surface area contributed by atoms with Gasteiger partial charge in [0.2, 0.25) is 0 Å². The molecule has 0 radical (unpaired) electrons. The van der Waals surface area contributed by atoms with Crippen molar-refractivity contribution in [3.8, 4) is 0 Å². The molecular weight excluding hydrogens is 470 g/mol. The van der Waals surface area contributed by atoms with Gasteiger partial charge in [-0.15, -0.1) is 11.3 Å². The highest BCUT2D eigenvalue weighted by Gasteiger charge is 2.64. The van der Waals surface area contributed by atoms with E-state index in [4.69, 9.17) is 16.3 Å². The number of hydrogen-bond acceptors (Lipinski definition) is 6. The molecule has 0 bridgehead atoms. The molecular formula is C19H19BrClNO5S. The Labute approximate surface area is 178 Å². The van der Waals surface area contributed by atoms with Gasteiger partial charge in [-0.3, -0.25) is 0 Å². The molecule has 2 aromatic heterocycles. The summed E-state index contributed by atoms with van der Waals surface area (Å²) < 4.78 is 6.58. The minimum Gasteiger partial charge on any atom is -0.394 e. The van der Waals surface area contributed by atoms with E-state index in [0.29, 0.717) is 10.6 Å². The smallest absolute Gasteiger partial charge is 0.199 e. The second kappa shape index (κ2) is 7.37. The summed E-state index contributed by atoms with van der Waals surface area (Å²) in [6, 6.07) is 12.9. The van der Waals surface area contributed by atoms with Crippen molar-refractivity contribution in [1.82, 2.24) is 4.98 Å². The van der Waals surface area contributed by atoms with Gasteiger partial charge >= 0.3 is 0 Å². The maximum atomic E-state index is 11.4. The highest BCUT2D eigenvalue weighted by Crippen LogP contribution is 2.48. The molecule has 0 unspecified atom stereocenters. The number of alkyl halides is 1. The van der Waals surface area contributed by atoms with Crippen LogP contribution in [0.3, 0.4) is 0 Å². The van der Waals surface area contributed by atoms with E-state index in [2.05, 4.69) is 20.9 Å². The third kappa shape index (κ3) is 3.22. The maximum Gasteiger partial charge on any atom is 0.199 e. The first-order chi connectivity index (χ1) is 13.3. The van der Waals surface area contributed by atoms with E-state index in [1.807, 2.05) is 24.3 Å². The maximum absolute atomic E-state index is 11.4. The van der Waals surface area contributed by atoms with E-state index in [1.54, 1.807) is 18.2 Å². The Morgan fingerprint density at radius 2 is 1.96 bits per heavy atom. The number of hydrogen-bond donors (Lipinski definition) is 5. The monoisotopic (exact) mass is 487 g/mol. The normalized spacial score (nSPS) is 33.4. The summed E-state index contributed by atoms with van der Waals surface area (Å²) >= 11 is 11.0. The Balaban J connectivity index is 1.76. The Hall–Kier alpha value is -0.970. The molecule has 5 N–H and O–H groups in total. The summed E-state index contributed by atoms with van der Waals surface area (Å²) in [7, 11) is 0. The third-order valence-corrected chi connectivity index (χ3v) is 7.41. The number of aromatic nitrogens is 1. The Morgan fingerprint density at radius 1 is 1.21 bits per heavy atom. The van der Waals surface area contributed by atoms with Gasteiger partial charge in [0.1, 0.15) is 23.9 Å². The standard InChI is InChI=1S/C19H19BrClNO5S/c20-15-6-5-11(28-15)8-18(25)17(24)16(27-14(9-23)19(18,21)26)13-7-10-3-1-2-4-12(10)22-13/h1-7,14,16-17,22-26H,8-9H2/t14-,16+,17+,18-,19-/m1/s1. The van der Waals surface area contributed by atoms with E-state index in [1.165, 1.54) is 11.3 Å². The molecule has 1 aliphatic heterocycles. The van der Waals surface area contributed by atoms with Gasteiger partial charge in [0, 0.05) is 22.5 Å². The molecule has 1 aromatic carbocycles. The van der Waals surface area contributed by atoms with Crippen LogP contribution in [0.1, 0.15) is 16.7 Å². The van der Waals surface area contributed by atoms with Crippen LogP contribution >= 0.6 is 38.9 Å². The van der Waals surface area contributed by atoms with Gasteiger partial charge in [-0.05, 0) is 45.6 Å². The van der Waals surface area contributed by atoms with Gasteiger partial charge in [-0.1, -0.05) is 29.8 Å². The molecule has 1 aliphatic rings. The largest absolute Gasteiger partial charge is 0.394 e.